The highest BCUT2D eigenvalue weighted by Crippen LogP contribution is 2.21. The topological polar surface area (TPSA) is 71.7 Å². The number of ether oxygens (including phenoxy) is 1. The number of nitrogens with one attached hydrogen (secondary N) is 1. The van der Waals surface area contributed by atoms with Crippen LogP contribution in [0, 0.1) is 0 Å². The predicted molar refractivity (Wildman–Crippen MR) is 91.8 cm³/mol. The van der Waals surface area contributed by atoms with Crippen molar-refractivity contribution in [3.8, 4) is 5.75 Å². The predicted octanol–water partition coefficient (Wildman–Crippen LogP) is 3.24. The Morgan fingerprint density at radius 3 is 2.62 bits per heavy atom. The molecule has 130 valence electrons. The molecule has 24 heavy (non-hydrogen) atoms. The first-order valence-corrected chi connectivity index (χ1v) is 8.21. The van der Waals surface area contributed by atoms with Crippen LogP contribution in [0.5, 0.6) is 5.75 Å². The Hall–Kier alpha value is -2.27. The lowest BCUT2D eigenvalue weighted by Crippen LogP contribution is -2.34. The third kappa shape index (κ3) is 5.42. The largest absolute Gasteiger partial charge is 0.491 e. The number of aliphatic hydroxyl groups is 1. The van der Waals surface area contributed by atoms with Gasteiger partial charge in [-0.15, -0.1) is 0 Å². The smallest absolute Gasteiger partial charge is 0.224 e. The van der Waals surface area contributed by atoms with Crippen molar-refractivity contribution in [2.75, 3.05) is 0 Å². The molecule has 0 aliphatic rings. The van der Waals surface area contributed by atoms with Crippen LogP contribution in [0.15, 0.2) is 47.1 Å². The van der Waals surface area contributed by atoms with Crippen molar-refractivity contribution in [1.29, 1.82) is 0 Å². The van der Waals surface area contributed by atoms with Crippen LogP contribution < -0.4 is 10.1 Å². The molecule has 2 unspecified atom stereocenters. The van der Waals surface area contributed by atoms with Crippen LogP contribution in [0.2, 0.25) is 0 Å². The SMILES string of the molecule is CC(CC(O)c1ccco1)NC(=O)Cc1ccccc1OC(C)C. The molecule has 2 atom stereocenters. The quantitative estimate of drug-likeness (QED) is 0.779. The minimum Gasteiger partial charge on any atom is -0.491 e. The second-order valence-corrected chi connectivity index (χ2v) is 6.19. The van der Waals surface area contributed by atoms with E-state index in [9.17, 15) is 9.90 Å². The van der Waals surface area contributed by atoms with Crippen molar-refractivity contribution in [1.82, 2.24) is 5.32 Å². The molecule has 0 saturated carbocycles. The van der Waals surface area contributed by atoms with E-state index in [1.807, 2.05) is 45.0 Å². The average Bonchev–Trinajstić information content (AvgIpc) is 3.02. The lowest BCUT2D eigenvalue weighted by molar-refractivity contribution is -0.121. The molecule has 0 bridgehead atoms. The van der Waals surface area contributed by atoms with Gasteiger partial charge in [0.1, 0.15) is 17.6 Å². The average molecular weight is 331 g/mol. The number of benzene rings is 1. The zero-order chi connectivity index (χ0) is 17.5. The molecule has 1 aromatic heterocycles. The summed E-state index contributed by atoms with van der Waals surface area (Å²) in [5, 5.41) is 13.0. The highest BCUT2D eigenvalue weighted by atomic mass is 16.5. The van der Waals surface area contributed by atoms with Gasteiger partial charge in [0, 0.05) is 18.0 Å². The van der Waals surface area contributed by atoms with E-state index in [0.29, 0.717) is 12.2 Å². The van der Waals surface area contributed by atoms with Crippen LogP contribution in [0.25, 0.3) is 0 Å². The lowest BCUT2D eigenvalue weighted by atomic mass is 10.1. The van der Waals surface area contributed by atoms with Crippen molar-refractivity contribution in [2.45, 2.75) is 51.9 Å². The van der Waals surface area contributed by atoms with Gasteiger partial charge in [0.2, 0.25) is 5.91 Å². The van der Waals surface area contributed by atoms with Crippen LogP contribution in [-0.2, 0) is 11.2 Å². The number of furan rings is 1. The van der Waals surface area contributed by atoms with Gasteiger partial charge in [0.25, 0.3) is 0 Å². The maximum absolute atomic E-state index is 12.3. The molecular formula is C19H25NO4. The molecule has 0 fully saturated rings. The first-order valence-electron chi connectivity index (χ1n) is 8.21. The highest BCUT2D eigenvalue weighted by Gasteiger charge is 2.17. The van der Waals surface area contributed by atoms with Crippen molar-refractivity contribution in [2.24, 2.45) is 0 Å². The summed E-state index contributed by atoms with van der Waals surface area (Å²) in [5.41, 5.74) is 0.850. The van der Waals surface area contributed by atoms with E-state index >= 15 is 0 Å². The van der Waals surface area contributed by atoms with Gasteiger partial charge in [0.05, 0.1) is 18.8 Å². The van der Waals surface area contributed by atoms with Crippen LogP contribution in [0.4, 0.5) is 0 Å². The van der Waals surface area contributed by atoms with Gasteiger partial charge in [-0.25, -0.2) is 0 Å². The first-order chi connectivity index (χ1) is 11.5. The summed E-state index contributed by atoms with van der Waals surface area (Å²) in [6.07, 6.45) is 1.48. The van der Waals surface area contributed by atoms with Crippen molar-refractivity contribution in [3.05, 3.63) is 54.0 Å². The molecule has 0 aliphatic heterocycles. The molecule has 2 rings (SSSR count). The van der Waals surface area contributed by atoms with E-state index in [0.717, 1.165) is 11.3 Å². The molecule has 0 aliphatic carbocycles. The van der Waals surface area contributed by atoms with E-state index in [2.05, 4.69) is 5.32 Å². The molecule has 5 heteroatoms. The third-order valence-corrected chi connectivity index (χ3v) is 3.54. The van der Waals surface area contributed by atoms with Crippen molar-refractivity contribution in [3.63, 3.8) is 0 Å². The third-order valence-electron chi connectivity index (χ3n) is 3.54. The molecule has 0 saturated heterocycles. The molecule has 2 N–H and O–H groups in total. The second-order valence-electron chi connectivity index (χ2n) is 6.19. The van der Waals surface area contributed by atoms with Crippen molar-refractivity contribution >= 4 is 5.91 Å². The van der Waals surface area contributed by atoms with Gasteiger partial charge in [0.15, 0.2) is 0 Å². The minimum atomic E-state index is -0.730. The number of aliphatic hydroxyl groups excluding tert-OH is 1. The van der Waals surface area contributed by atoms with Crippen LogP contribution in [-0.4, -0.2) is 23.2 Å². The number of carbonyl (C=O) groups is 1. The molecule has 1 aromatic carbocycles. The Morgan fingerprint density at radius 2 is 1.96 bits per heavy atom. The number of para-hydroxylation sites is 1. The van der Waals surface area contributed by atoms with Gasteiger partial charge >= 0.3 is 0 Å². The molecule has 1 amide bonds. The van der Waals surface area contributed by atoms with Gasteiger partial charge in [-0.05, 0) is 39.0 Å². The van der Waals surface area contributed by atoms with Gasteiger partial charge in [-0.3, -0.25) is 4.79 Å². The van der Waals surface area contributed by atoms with Crippen LogP contribution in [0.1, 0.15) is 44.6 Å². The van der Waals surface area contributed by atoms with E-state index in [1.54, 1.807) is 12.1 Å². The summed E-state index contributed by atoms with van der Waals surface area (Å²) in [6.45, 7) is 5.77. The number of hydrogen-bond acceptors (Lipinski definition) is 4. The Labute approximate surface area is 142 Å². The van der Waals surface area contributed by atoms with E-state index in [4.69, 9.17) is 9.15 Å². The Kier molecular flexibility index (Phi) is 6.44. The fourth-order valence-electron chi connectivity index (χ4n) is 2.51. The molecule has 2 aromatic rings. The van der Waals surface area contributed by atoms with E-state index in [-0.39, 0.29) is 24.5 Å². The number of hydrogen-bond donors (Lipinski definition) is 2. The second kappa shape index (κ2) is 8.55. The summed E-state index contributed by atoms with van der Waals surface area (Å²) < 4.78 is 10.9. The number of carbonyl (C=O) groups excluding carboxylic acids is 1. The summed E-state index contributed by atoms with van der Waals surface area (Å²) in [7, 11) is 0. The Morgan fingerprint density at radius 1 is 1.21 bits per heavy atom. The minimum absolute atomic E-state index is 0.0524. The Bertz CT molecular complexity index is 637. The summed E-state index contributed by atoms with van der Waals surface area (Å²) in [5.74, 6) is 1.13. The van der Waals surface area contributed by atoms with Gasteiger partial charge < -0.3 is 19.6 Å². The van der Waals surface area contributed by atoms with Gasteiger partial charge in [-0.2, -0.15) is 0 Å². The normalized spacial score (nSPS) is 13.5. The lowest BCUT2D eigenvalue weighted by Gasteiger charge is -2.18. The van der Waals surface area contributed by atoms with E-state index in [1.165, 1.54) is 6.26 Å². The number of rotatable bonds is 8. The molecule has 0 spiro atoms. The first kappa shape index (κ1) is 18.1. The summed E-state index contributed by atoms with van der Waals surface area (Å²) in [4.78, 5) is 12.3. The monoisotopic (exact) mass is 331 g/mol. The van der Waals surface area contributed by atoms with Crippen LogP contribution in [0.3, 0.4) is 0 Å². The number of amides is 1. The van der Waals surface area contributed by atoms with Crippen molar-refractivity contribution < 1.29 is 19.1 Å². The fourth-order valence-corrected chi connectivity index (χ4v) is 2.51. The van der Waals surface area contributed by atoms with E-state index < -0.39 is 6.10 Å². The van der Waals surface area contributed by atoms with Gasteiger partial charge in [-0.1, -0.05) is 18.2 Å². The van der Waals surface area contributed by atoms with Crippen LogP contribution >= 0.6 is 0 Å². The molecular weight excluding hydrogens is 306 g/mol. The maximum Gasteiger partial charge on any atom is 0.224 e. The standard InChI is InChI=1S/C19H25NO4/c1-13(2)24-17-8-5-4-7-15(17)12-19(22)20-14(3)11-16(21)18-9-6-10-23-18/h4-10,13-14,16,21H,11-12H2,1-3H3,(H,20,22). The molecule has 0 radical (unpaired) electrons. The molecule has 5 nitrogen and oxygen atoms in total. The highest BCUT2D eigenvalue weighted by molar-refractivity contribution is 5.79. The summed E-state index contributed by atoms with van der Waals surface area (Å²) >= 11 is 0. The fraction of sp³-hybridized carbons (Fsp3) is 0.421. The Balaban J connectivity index is 1.89. The molecule has 1 heterocycles. The summed E-state index contributed by atoms with van der Waals surface area (Å²) in [6, 6.07) is 10.8. The maximum atomic E-state index is 12.3. The zero-order valence-corrected chi connectivity index (χ0v) is 14.4. The zero-order valence-electron chi connectivity index (χ0n) is 14.4.